The Morgan fingerprint density at radius 1 is 1.36 bits per heavy atom. The van der Waals surface area contributed by atoms with E-state index in [2.05, 4.69) is 20.7 Å². The third-order valence-corrected chi connectivity index (χ3v) is 2.30. The lowest BCUT2D eigenvalue weighted by molar-refractivity contribution is -0.274. The molecule has 0 unspecified atom stereocenters. The van der Waals surface area contributed by atoms with Gasteiger partial charge in [-0.15, -0.1) is 13.2 Å². The third kappa shape index (κ3) is 3.21. The molecule has 0 amide bonds. The minimum atomic E-state index is -4.63. The average Bonchev–Trinajstić information content (AvgIpc) is 2.06. The Morgan fingerprint density at radius 3 is 2.50 bits per heavy atom. The monoisotopic (exact) mass is 268 g/mol. The van der Waals surface area contributed by atoms with Gasteiger partial charge in [-0.05, 0) is 30.2 Å². The second-order valence-electron chi connectivity index (χ2n) is 2.77. The molecular formula is C9H8BrF3O. The number of ether oxygens (including phenoxy) is 1. The van der Waals surface area contributed by atoms with E-state index in [-0.39, 0.29) is 5.75 Å². The van der Waals surface area contributed by atoms with Crippen LogP contribution in [-0.4, -0.2) is 6.36 Å². The van der Waals surface area contributed by atoms with Crippen LogP contribution in [0.4, 0.5) is 13.2 Å². The Hall–Kier alpha value is -0.710. The summed E-state index contributed by atoms with van der Waals surface area (Å²) in [5.74, 6) is -0.183. The molecule has 1 aromatic carbocycles. The van der Waals surface area contributed by atoms with Crippen molar-refractivity contribution >= 4 is 15.9 Å². The molecule has 0 radical (unpaired) electrons. The number of rotatable bonds is 2. The summed E-state index contributed by atoms with van der Waals surface area (Å²) in [6.07, 6.45) is -4.63. The summed E-state index contributed by atoms with van der Waals surface area (Å²) >= 11 is 3.19. The van der Waals surface area contributed by atoms with Crippen molar-refractivity contribution in [3.8, 4) is 5.75 Å². The van der Waals surface area contributed by atoms with E-state index in [1.165, 1.54) is 12.1 Å². The molecule has 0 aliphatic carbocycles. The molecule has 0 heterocycles. The molecule has 5 heteroatoms. The van der Waals surface area contributed by atoms with Crippen molar-refractivity contribution in [1.82, 2.24) is 0 Å². The molecule has 1 rings (SSSR count). The first-order valence-electron chi connectivity index (χ1n) is 3.83. The molecule has 0 aromatic heterocycles. The van der Waals surface area contributed by atoms with Crippen molar-refractivity contribution in [3.63, 3.8) is 0 Å². The third-order valence-electron chi connectivity index (χ3n) is 1.70. The molecule has 1 aromatic rings. The number of alkyl halides is 4. The highest BCUT2D eigenvalue weighted by atomic mass is 79.9. The Balaban J connectivity index is 2.90. The maximum atomic E-state index is 11.8. The predicted molar refractivity (Wildman–Crippen MR) is 50.5 cm³/mol. The summed E-state index contributed by atoms with van der Waals surface area (Å²) in [5.41, 5.74) is 1.71. The number of hydrogen-bond acceptors (Lipinski definition) is 1. The van der Waals surface area contributed by atoms with E-state index in [1.54, 1.807) is 6.07 Å². The van der Waals surface area contributed by atoms with E-state index >= 15 is 0 Å². The van der Waals surface area contributed by atoms with Gasteiger partial charge in [-0.2, -0.15) is 0 Å². The number of benzene rings is 1. The highest BCUT2D eigenvalue weighted by Gasteiger charge is 2.31. The molecule has 14 heavy (non-hydrogen) atoms. The molecule has 0 aliphatic heterocycles. The van der Waals surface area contributed by atoms with E-state index < -0.39 is 6.36 Å². The Bertz CT molecular complexity index is 322. The summed E-state index contributed by atoms with van der Waals surface area (Å²) in [6, 6.07) is 4.27. The second-order valence-corrected chi connectivity index (χ2v) is 3.33. The molecule has 0 N–H and O–H groups in total. The van der Waals surface area contributed by atoms with Gasteiger partial charge < -0.3 is 4.74 Å². The average molecular weight is 269 g/mol. The van der Waals surface area contributed by atoms with Crippen molar-refractivity contribution < 1.29 is 17.9 Å². The van der Waals surface area contributed by atoms with Crippen LogP contribution in [0, 0.1) is 6.92 Å². The van der Waals surface area contributed by atoms with Crippen LogP contribution in [-0.2, 0) is 5.33 Å². The van der Waals surface area contributed by atoms with Gasteiger partial charge in [0.2, 0.25) is 0 Å². The SMILES string of the molecule is Cc1ccc(OC(F)(F)F)cc1CBr. The van der Waals surface area contributed by atoms with E-state index in [0.717, 1.165) is 11.1 Å². The van der Waals surface area contributed by atoms with E-state index in [9.17, 15) is 13.2 Å². The zero-order valence-corrected chi connectivity index (χ0v) is 8.95. The highest BCUT2D eigenvalue weighted by molar-refractivity contribution is 9.08. The topological polar surface area (TPSA) is 9.23 Å². The van der Waals surface area contributed by atoms with E-state index in [1.807, 2.05) is 6.92 Å². The van der Waals surface area contributed by atoms with Crippen LogP contribution in [0.2, 0.25) is 0 Å². The molecule has 0 saturated heterocycles. The molecule has 0 bridgehead atoms. The summed E-state index contributed by atoms with van der Waals surface area (Å²) in [5, 5.41) is 0.508. The number of hydrogen-bond donors (Lipinski definition) is 0. The van der Waals surface area contributed by atoms with Crippen molar-refractivity contribution in [2.24, 2.45) is 0 Å². The molecule has 0 spiro atoms. The van der Waals surface area contributed by atoms with Gasteiger partial charge in [-0.3, -0.25) is 0 Å². The van der Waals surface area contributed by atoms with Gasteiger partial charge in [-0.25, -0.2) is 0 Å². The van der Waals surface area contributed by atoms with E-state index in [0.29, 0.717) is 5.33 Å². The Labute approximate surface area is 88.0 Å². The molecule has 1 nitrogen and oxygen atoms in total. The summed E-state index contributed by atoms with van der Waals surface area (Å²) in [6.45, 7) is 1.83. The molecule has 0 aliphatic rings. The van der Waals surface area contributed by atoms with Crippen LogP contribution in [0.25, 0.3) is 0 Å². The maximum absolute atomic E-state index is 11.8. The van der Waals surface area contributed by atoms with Gasteiger partial charge in [-0.1, -0.05) is 22.0 Å². The second kappa shape index (κ2) is 4.21. The maximum Gasteiger partial charge on any atom is 0.573 e. The predicted octanol–water partition coefficient (Wildman–Crippen LogP) is 3.79. The normalized spacial score (nSPS) is 11.5. The van der Waals surface area contributed by atoms with Gasteiger partial charge in [0.05, 0.1) is 0 Å². The van der Waals surface area contributed by atoms with Crippen LogP contribution in [0.5, 0.6) is 5.75 Å². The fourth-order valence-electron chi connectivity index (χ4n) is 0.989. The van der Waals surface area contributed by atoms with Gasteiger partial charge in [0.25, 0.3) is 0 Å². The van der Waals surface area contributed by atoms with Crippen LogP contribution in [0.15, 0.2) is 18.2 Å². The fraction of sp³-hybridized carbons (Fsp3) is 0.333. The summed E-state index contributed by atoms with van der Waals surface area (Å²) in [4.78, 5) is 0. The first-order valence-corrected chi connectivity index (χ1v) is 4.96. The largest absolute Gasteiger partial charge is 0.573 e. The van der Waals surface area contributed by atoms with Gasteiger partial charge in [0.15, 0.2) is 0 Å². The lowest BCUT2D eigenvalue weighted by Crippen LogP contribution is -2.17. The van der Waals surface area contributed by atoms with Crippen LogP contribution in [0.3, 0.4) is 0 Å². The van der Waals surface area contributed by atoms with Gasteiger partial charge in [0, 0.05) is 5.33 Å². The summed E-state index contributed by atoms with van der Waals surface area (Å²) < 4.78 is 39.3. The minimum Gasteiger partial charge on any atom is -0.406 e. The van der Waals surface area contributed by atoms with Crippen molar-refractivity contribution in [2.75, 3.05) is 0 Å². The number of aryl methyl sites for hydroxylation is 1. The molecule has 0 saturated carbocycles. The molecule has 0 atom stereocenters. The van der Waals surface area contributed by atoms with Crippen molar-refractivity contribution in [1.29, 1.82) is 0 Å². The number of halogens is 4. The first kappa shape index (κ1) is 11.4. The smallest absolute Gasteiger partial charge is 0.406 e. The lowest BCUT2D eigenvalue weighted by Gasteiger charge is -2.10. The molecule has 78 valence electrons. The van der Waals surface area contributed by atoms with Crippen molar-refractivity contribution in [2.45, 2.75) is 18.6 Å². The molecular weight excluding hydrogens is 261 g/mol. The van der Waals surface area contributed by atoms with Gasteiger partial charge in [0.1, 0.15) is 5.75 Å². The van der Waals surface area contributed by atoms with Crippen LogP contribution < -0.4 is 4.74 Å². The summed E-state index contributed by atoms with van der Waals surface area (Å²) in [7, 11) is 0. The van der Waals surface area contributed by atoms with Gasteiger partial charge >= 0.3 is 6.36 Å². The van der Waals surface area contributed by atoms with Crippen molar-refractivity contribution in [3.05, 3.63) is 29.3 Å². The molecule has 0 fully saturated rings. The zero-order chi connectivity index (χ0) is 10.8. The highest BCUT2D eigenvalue weighted by Crippen LogP contribution is 2.25. The van der Waals surface area contributed by atoms with Crippen LogP contribution >= 0.6 is 15.9 Å². The quantitative estimate of drug-likeness (QED) is 0.742. The van der Waals surface area contributed by atoms with E-state index in [4.69, 9.17) is 0 Å². The first-order chi connectivity index (χ1) is 6.42. The lowest BCUT2D eigenvalue weighted by atomic mass is 10.1. The Morgan fingerprint density at radius 2 is 2.00 bits per heavy atom. The minimum absolute atomic E-state index is 0.183. The van der Waals surface area contributed by atoms with Crippen LogP contribution in [0.1, 0.15) is 11.1 Å². The fourth-order valence-corrected chi connectivity index (χ4v) is 1.59. The Kier molecular flexibility index (Phi) is 3.42. The standard InChI is InChI=1S/C9H8BrF3O/c1-6-2-3-8(4-7(6)5-10)14-9(11,12)13/h2-4H,5H2,1H3. The zero-order valence-electron chi connectivity index (χ0n) is 7.36.